The SMILES string of the molecule is N#Cc1ccnc(OC2CN(S(=O)(=O)CCN3C(=O)CCCC3=O)C2)c1. The smallest absolute Gasteiger partial charge is 0.229 e. The molecule has 1 aromatic rings. The van der Waals surface area contributed by atoms with Crippen molar-refractivity contribution in [1.29, 1.82) is 5.26 Å². The van der Waals surface area contributed by atoms with Crippen molar-refractivity contribution in [3.63, 3.8) is 0 Å². The van der Waals surface area contributed by atoms with Gasteiger partial charge >= 0.3 is 0 Å². The first-order chi connectivity index (χ1) is 12.4. The van der Waals surface area contributed by atoms with Gasteiger partial charge in [-0.25, -0.2) is 13.4 Å². The summed E-state index contributed by atoms with van der Waals surface area (Å²) in [4.78, 5) is 28.5. The number of hydrogen-bond donors (Lipinski definition) is 0. The number of imide groups is 1. The summed E-state index contributed by atoms with van der Waals surface area (Å²) in [5, 5.41) is 8.85. The van der Waals surface area contributed by atoms with Crippen LogP contribution >= 0.6 is 0 Å². The zero-order valence-electron chi connectivity index (χ0n) is 14.0. The number of likely N-dealkylation sites (tertiary alicyclic amines) is 1. The van der Waals surface area contributed by atoms with Crippen LogP contribution in [-0.4, -0.2) is 65.9 Å². The summed E-state index contributed by atoms with van der Waals surface area (Å²) in [5.41, 5.74) is 0.412. The van der Waals surface area contributed by atoms with E-state index < -0.39 is 10.0 Å². The van der Waals surface area contributed by atoms with Gasteiger partial charge in [0.25, 0.3) is 0 Å². The molecule has 3 heterocycles. The molecule has 26 heavy (non-hydrogen) atoms. The average molecular weight is 378 g/mol. The van der Waals surface area contributed by atoms with Crippen LogP contribution in [-0.2, 0) is 19.6 Å². The molecule has 2 saturated heterocycles. The van der Waals surface area contributed by atoms with Gasteiger partial charge in [-0.3, -0.25) is 14.5 Å². The van der Waals surface area contributed by atoms with Crippen molar-refractivity contribution in [2.75, 3.05) is 25.4 Å². The number of hydrogen-bond acceptors (Lipinski definition) is 7. The highest BCUT2D eigenvalue weighted by Crippen LogP contribution is 2.20. The third-order valence-electron chi connectivity index (χ3n) is 4.32. The number of sulfonamides is 1. The molecule has 138 valence electrons. The Balaban J connectivity index is 1.50. The standard InChI is InChI=1S/C16H18N4O5S/c17-9-12-4-5-18-14(8-12)25-13-10-19(11-13)26(23,24)7-6-20-15(21)2-1-3-16(20)22/h4-5,8,13H,1-3,6-7,10-11H2. The van der Waals surface area contributed by atoms with Gasteiger partial charge in [-0.05, 0) is 12.5 Å². The maximum absolute atomic E-state index is 12.3. The number of amides is 2. The second kappa shape index (κ2) is 7.39. The number of pyridine rings is 1. The Morgan fingerprint density at radius 3 is 2.62 bits per heavy atom. The molecule has 0 radical (unpaired) electrons. The predicted molar refractivity (Wildman–Crippen MR) is 89.3 cm³/mol. The Morgan fingerprint density at radius 2 is 1.96 bits per heavy atom. The van der Waals surface area contributed by atoms with Gasteiger partial charge in [0.1, 0.15) is 6.10 Å². The zero-order valence-corrected chi connectivity index (χ0v) is 14.8. The number of piperidine rings is 1. The van der Waals surface area contributed by atoms with Crippen LogP contribution < -0.4 is 4.74 Å². The fourth-order valence-electron chi connectivity index (χ4n) is 2.80. The lowest BCUT2D eigenvalue weighted by atomic mass is 10.1. The first-order valence-electron chi connectivity index (χ1n) is 8.23. The molecular weight excluding hydrogens is 360 g/mol. The molecule has 0 aromatic carbocycles. The molecule has 0 saturated carbocycles. The fourth-order valence-corrected chi connectivity index (χ4v) is 4.26. The van der Waals surface area contributed by atoms with E-state index in [9.17, 15) is 18.0 Å². The summed E-state index contributed by atoms with van der Waals surface area (Å²) in [6, 6.07) is 5.02. The maximum Gasteiger partial charge on any atom is 0.229 e. The van der Waals surface area contributed by atoms with Crippen molar-refractivity contribution in [2.45, 2.75) is 25.4 Å². The summed E-state index contributed by atoms with van der Waals surface area (Å²) in [6.45, 7) is 0.221. The van der Waals surface area contributed by atoms with Gasteiger partial charge in [-0.15, -0.1) is 0 Å². The van der Waals surface area contributed by atoms with Crippen LogP contribution in [0.4, 0.5) is 0 Å². The molecule has 0 N–H and O–H groups in total. The number of nitriles is 1. The van der Waals surface area contributed by atoms with Crippen molar-refractivity contribution in [1.82, 2.24) is 14.2 Å². The van der Waals surface area contributed by atoms with Gasteiger partial charge in [0.15, 0.2) is 0 Å². The van der Waals surface area contributed by atoms with E-state index >= 15 is 0 Å². The molecule has 2 fully saturated rings. The number of aromatic nitrogens is 1. The van der Waals surface area contributed by atoms with Crippen LogP contribution in [0, 0.1) is 11.3 Å². The van der Waals surface area contributed by atoms with E-state index in [1.165, 1.54) is 16.6 Å². The lowest BCUT2D eigenvalue weighted by Crippen LogP contribution is -2.57. The van der Waals surface area contributed by atoms with Crippen LogP contribution in [0.5, 0.6) is 5.88 Å². The number of nitrogens with zero attached hydrogens (tertiary/aromatic N) is 4. The third kappa shape index (κ3) is 4.00. The number of carbonyl (C=O) groups excluding carboxylic acids is 2. The zero-order chi connectivity index (χ0) is 18.7. The fraction of sp³-hybridized carbons (Fsp3) is 0.500. The highest BCUT2D eigenvalue weighted by molar-refractivity contribution is 7.89. The van der Waals surface area contributed by atoms with Gasteiger partial charge in [0.2, 0.25) is 27.7 Å². The van der Waals surface area contributed by atoms with Crippen LogP contribution in [0.3, 0.4) is 0 Å². The van der Waals surface area contributed by atoms with E-state index in [1.807, 2.05) is 6.07 Å². The highest BCUT2D eigenvalue weighted by Gasteiger charge is 2.38. The van der Waals surface area contributed by atoms with Crippen molar-refractivity contribution in [2.24, 2.45) is 0 Å². The second-order valence-corrected chi connectivity index (χ2v) is 8.25. The van der Waals surface area contributed by atoms with E-state index in [0.717, 1.165) is 4.90 Å². The first kappa shape index (κ1) is 18.3. The summed E-state index contributed by atoms with van der Waals surface area (Å²) >= 11 is 0. The molecule has 2 amide bonds. The van der Waals surface area contributed by atoms with E-state index in [0.29, 0.717) is 12.0 Å². The minimum Gasteiger partial charge on any atom is -0.471 e. The Morgan fingerprint density at radius 1 is 1.27 bits per heavy atom. The van der Waals surface area contributed by atoms with Crippen molar-refractivity contribution in [3.05, 3.63) is 23.9 Å². The van der Waals surface area contributed by atoms with Crippen LogP contribution in [0.15, 0.2) is 18.3 Å². The van der Waals surface area contributed by atoms with Crippen LogP contribution in [0.25, 0.3) is 0 Å². The molecule has 3 rings (SSSR count). The molecule has 2 aliphatic rings. The molecule has 0 atom stereocenters. The van der Waals surface area contributed by atoms with Gasteiger partial charge in [-0.1, -0.05) is 0 Å². The maximum atomic E-state index is 12.3. The monoisotopic (exact) mass is 378 g/mol. The van der Waals surface area contributed by atoms with Gasteiger partial charge in [-0.2, -0.15) is 9.57 Å². The third-order valence-corrected chi connectivity index (χ3v) is 6.10. The van der Waals surface area contributed by atoms with Gasteiger partial charge in [0.05, 0.1) is 30.5 Å². The van der Waals surface area contributed by atoms with E-state index in [2.05, 4.69) is 4.98 Å². The lowest BCUT2D eigenvalue weighted by molar-refractivity contribution is -0.147. The molecule has 2 aliphatic heterocycles. The van der Waals surface area contributed by atoms with Crippen molar-refractivity contribution >= 4 is 21.8 Å². The Hall–Kier alpha value is -2.51. The lowest BCUT2D eigenvalue weighted by Gasteiger charge is -2.38. The topological polar surface area (TPSA) is 121 Å². The normalized spacial score (nSPS) is 19.1. The first-order valence-corrected chi connectivity index (χ1v) is 9.84. The van der Waals surface area contributed by atoms with E-state index in [4.69, 9.17) is 10.00 Å². The minimum atomic E-state index is -3.57. The second-order valence-electron chi connectivity index (χ2n) is 6.16. The Kier molecular flexibility index (Phi) is 5.20. The summed E-state index contributed by atoms with van der Waals surface area (Å²) in [5.74, 6) is -0.649. The molecule has 0 unspecified atom stereocenters. The summed E-state index contributed by atoms with van der Waals surface area (Å²) in [7, 11) is -3.57. The molecule has 0 spiro atoms. The molecule has 1 aromatic heterocycles. The van der Waals surface area contributed by atoms with E-state index in [-0.39, 0.29) is 62.0 Å². The average Bonchev–Trinajstić information content (AvgIpc) is 2.57. The highest BCUT2D eigenvalue weighted by atomic mass is 32.2. The van der Waals surface area contributed by atoms with Crippen molar-refractivity contribution in [3.8, 4) is 11.9 Å². The largest absolute Gasteiger partial charge is 0.471 e. The Labute approximate surface area is 151 Å². The quantitative estimate of drug-likeness (QED) is 0.633. The predicted octanol–water partition coefficient (Wildman–Crippen LogP) is -0.115. The van der Waals surface area contributed by atoms with Crippen molar-refractivity contribution < 1.29 is 22.7 Å². The van der Waals surface area contributed by atoms with Gasteiger partial charge < -0.3 is 4.74 Å². The van der Waals surface area contributed by atoms with Gasteiger partial charge in [0, 0.05) is 31.6 Å². The number of carbonyl (C=O) groups is 2. The van der Waals surface area contributed by atoms with Crippen LogP contribution in [0.1, 0.15) is 24.8 Å². The van der Waals surface area contributed by atoms with E-state index in [1.54, 1.807) is 6.07 Å². The summed E-state index contributed by atoms with van der Waals surface area (Å²) in [6.07, 6.45) is 2.19. The van der Waals surface area contributed by atoms with Crippen LogP contribution in [0.2, 0.25) is 0 Å². The number of rotatable bonds is 6. The minimum absolute atomic E-state index is 0.117. The molecule has 0 bridgehead atoms. The summed E-state index contributed by atoms with van der Waals surface area (Å²) < 4.78 is 31.5. The Bertz CT molecular complexity index is 842. The molecule has 10 heteroatoms. The molecule has 9 nitrogen and oxygen atoms in total. The number of ether oxygens (including phenoxy) is 1. The molecule has 0 aliphatic carbocycles. The molecular formula is C16H18N4O5S.